The maximum absolute atomic E-state index is 12.9. The third kappa shape index (κ3) is 10.6. The van der Waals surface area contributed by atoms with Crippen LogP contribution in [0.3, 0.4) is 0 Å². The van der Waals surface area contributed by atoms with Crippen LogP contribution in [0.5, 0.6) is 0 Å². The zero-order valence-electron chi connectivity index (χ0n) is 25.9. The van der Waals surface area contributed by atoms with Crippen molar-refractivity contribution in [3.05, 3.63) is 127 Å². The Labute approximate surface area is 294 Å². The average Bonchev–Trinajstić information content (AvgIpc) is 3.07. The number of nitrogens with two attached hydrogens (primary N) is 2. The lowest BCUT2D eigenvalue weighted by Gasteiger charge is -2.11. The van der Waals surface area contributed by atoms with Crippen LogP contribution in [0.2, 0.25) is 0 Å². The molecule has 4 rings (SSSR count). The van der Waals surface area contributed by atoms with Crippen LogP contribution in [-0.4, -0.2) is 63.1 Å². The molecule has 10 nitrogen and oxygen atoms in total. The van der Waals surface area contributed by atoms with Gasteiger partial charge in [0.25, 0.3) is 0 Å². The molecule has 48 heavy (non-hydrogen) atoms. The van der Waals surface area contributed by atoms with E-state index in [0.717, 1.165) is 8.95 Å². The Kier molecular flexibility index (Phi) is 13.9. The highest BCUT2D eigenvalue weighted by molar-refractivity contribution is 9.10. The second-order valence-corrected chi connectivity index (χ2v) is 12.3. The van der Waals surface area contributed by atoms with Gasteiger partial charge in [0.1, 0.15) is 13.2 Å². The Morgan fingerprint density at radius 2 is 0.854 bits per heavy atom. The van der Waals surface area contributed by atoms with Crippen molar-refractivity contribution in [3.63, 3.8) is 0 Å². The smallest absolute Gasteiger partial charge is 0.310 e. The Morgan fingerprint density at radius 3 is 1.23 bits per heavy atom. The Hall–Kier alpha value is -4.36. The fourth-order valence-electron chi connectivity index (χ4n) is 4.61. The summed E-state index contributed by atoms with van der Waals surface area (Å²) in [7, 11) is 0. The van der Waals surface area contributed by atoms with Crippen molar-refractivity contribution in [1.29, 1.82) is 0 Å². The zero-order valence-corrected chi connectivity index (χ0v) is 29.1. The maximum Gasteiger partial charge on any atom is 0.310 e. The van der Waals surface area contributed by atoms with E-state index in [2.05, 4.69) is 31.9 Å². The quantitative estimate of drug-likeness (QED) is 0.0586. The van der Waals surface area contributed by atoms with E-state index in [1.165, 1.54) is 0 Å². The van der Waals surface area contributed by atoms with E-state index in [4.69, 9.17) is 30.4 Å². The van der Waals surface area contributed by atoms with E-state index in [9.17, 15) is 19.2 Å². The van der Waals surface area contributed by atoms with E-state index in [-0.39, 0.29) is 75.4 Å². The van der Waals surface area contributed by atoms with Crippen molar-refractivity contribution in [3.8, 4) is 0 Å². The highest BCUT2D eigenvalue weighted by atomic mass is 79.9. The summed E-state index contributed by atoms with van der Waals surface area (Å²) in [5.41, 5.74) is 15.5. The number of rotatable bonds is 17. The lowest BCUT2D eigenvalue weighted by molar-refractivity contribution is -0.146. The molecule has 0 aliphatic carbocycles. The van der Waals surface area contributed by atoms with E-state index < -0.39 is 11.9 Å². The third-order valence-corrected chi connectivity index (χ3v) is 8.18. The van der Waals surface area contributed by atoms with Crippen LogP contribution in [0.1, 0.15) is 43.0 Å². The summed E-state index contributed by atoms with van der Waals surface area (Å²) < 4.78 is 23.0. The summed E-state index contributed by atoms with van der Waals surface area (Å²) in [6, 6.07) is 23.9. The van der Waals surface area contributed by atoms with Crippen LogP contribution >= 0.6 is 31.9 Å². The number of ketones is 2. The number of hydrogen-bond donors (Lipinski definition) is 2. The zero-order chi connectivity index (χ0) is 34.5. The largest absolute Gasteiger partial charge is 0.463 e. The van der Waals surface area contributed by atoms with Gasteiger partial charge < -0.3 is 30.4 Å². The highest BCUT2D eigenvalue weighted by Gasteiger charge is 2.18. The number of carbonyl (C=O) groups is 4. The average molecular weight is 782 g/mol. The van der Waals surface area contributed by atoms with E-state index in [1.807, 2.05) is 0 Å². The standard InChI is InChI=1S/C36H34Br2N2O8/c37-27-11-7-23(8-12-27)35(43)29-5-1-3-25(33(29)39)21-31(41)47-19-17-45-15-16-46-18-20-48-32(42)22-26-4-2-6-30(34(26)40)36(44)24-9-13-28(38)14-10-24/h1-14H,15-22,39-40H2. The molecule has 0 atom stereocenters. The van der Waals surface area contributed by atoms with E-state index >= 15 is 0 Å². The van der Waals surface area contributed by atoms with Gasteiger partial charge in [0.05, 0.1) is 39.3 Å². The fourth-order valence-corrected chi connectivity index (χ4v) is 5.14. The third-order valence-electron chi connectivity index (χ3n) is 7.12. The van der Waals surface area contributed by atoms with Crippen LogP contribution in [-0.2, 0) is 41.4 Å². The van der Waals surface area contributed by atoms with Gasteiger partial charge in [-0.1, -0.05) is 56.1 Å². The first kappa shape index (κ1) is 36.5. The van der Waals surface area contributed by atoms with Gasteiger partial charge in [-0.2, -0.15) is 0 Å². The van der Waals surface area contributed by atoms with Gasteiger partial charge in [-0.05, 0) is 71.8 Å². The number of ether oxygens (including phenoxy) is 4. The first-order valence-corrected chi connectivity index (χ1v) is 16.5. The Balaban J connectivity index is 1.08. The van der Waals surface area contributed by atoms with Crippen molar-refractivity contribution in [2.24, 2.45) is 0 Å². The number of nitrogen functional groups attached to an aromatic ring is 2. The Morgan fingerprint density at radius 1 is 0.500 bits per heavy atom. The monoisotopic (exact) mass is 780 g/mol. The number of benzene rings is 4. The number of anilines is 2. The number of para-hydroxylation sites is 2. The molecular formula is C36H34Br2N2O8. The molecule has 250 valence electrons. The summed E-state index contributed by atoms with van der Waals surface area (Å²) in [4.78, 5) is 50.5. The molecule has 0 fully saturated rings. The molecule has 4 aromatic rings. The van der Waals surface area contributed by atoms with Crippen molar-refractivity contribution in [1.82, 2.24) is 0 Å². The van der Waals surface area contributed by atoms with Crippen LogP contribution in [0, 0.1) is 0 Å². The first-order valence-electron chi connectivity index (χ1n) is 15.0. The molecular weight excluding hydrogens is 748 g/mol. The van der Waals surface area contributed by atoms with Gasteiger partial charge in [-0.25, -0.2) is 0 Å². The molecule has 0 saturated heterocycles. The molecule has 0 radical (unpaired) electrons. The molecule has 0 aliphatic heterocycles. The number of hydrogen-bond acceptors (Lipinski definition) is 10. The minimum absolute atomic E-state index is 0.0346. The van der Waals surface area contributed by atoms with Gasteiger partial charge in [-0.15, -0.1) is 0 Å². The second kappa shape index (κ2) is 18.3. The normalized spacial score (nSPS) is 10.8. The minimum Gasteiger partial charge on any atom is -0.463 e. The van der Waals surface area contributed by atoms with Gasteiger partial charge in [-0.3, -0.25) is 19.2 Å². The van der Waals surface area contributed by atoms with Crippen molar-refractivity contribution in [2.45, 2.75) is 12.8 Å². The molecule has 4 aromatic carbocycles. The van der Waals surface area contributed by atoms with Crippen LogP contribution in [0.15, 0.2) is 93.9 Å². The summed E-state index contributed by atoms with van der Waals surface area (Å²) in [6.45, 7) is 0.877. The van der Waals surface area contributed by atoms with Gasteiger partial charge in [0.2, 0.25) is 0 Å². The predicted octanol–water partition coefficient (Wildman–Crippen LogP) is 5.74. The maximum atomic E-state index is 12.9. The number of esters is 2. The molecule has 0 aromatic heterocycles. The highest BCUT2D eigenvalue weighted by Crippen LogP contribution is 2.24. The van der Waals surface area contributed by atoms with Crippen molar-refractivity contribution in [2.75, 3.05) is 51.1 Å². The lowest BCUT2D eigenvalue weighted by atomic mass is 9.98. The fraction of sp³-hybridized carbons (Fsp3) is 0.222. The van der Waals surface area contributed by atoms with Gasteiger partial charge in [0, 0.05) is 42.6 Å². The number of halogens is 2. The molecule has 0 heterocycles. The van der Waals surface area contributed by atoms with Crippen LogP contribution in [0.25, 0.3) is 0 Å². The van der Waals surface area contributed by atoms with E-state index in [1.54, 1.807) is 84.9 Å². The van der Waals surface area contributed by atoms with Crippen molar-refractivity contribution >= 4 is 66.7 Å². The summed E-state index contributed by atoms with van der Waals surface area (Å²) >= 11 is 6.70. The molecule has 4 N–H and O–H groups in total. The summed E-state index contributed by atoms with van der Waals surface area (Å²) in [5.74, 6) is -1.47. The molecule has 0 unspecified atom stereocenters. The molecule has 0 aliphatic rings. The van der Waals surface area contributed by atoms with E-state index in [0.29, 0.717) is 33.4 Å². The predicted molar refractivity (Wildman–Crippen MR) is 188 cm³/mol. The van der Waals surface area contributed by atoms with Crippen LogP contribution in [0.4, 0.5) is 11.4 Å². The molecule has 0 bridgehead atoms. The molecule has 0 saturated carbocycles. The van der Waals surface area contributed by atoms with Gasteiger partial charge >= 0.3 is 11.9 Å². The van der Waals surface area contributed by atoms with Crippen LogP contribution < -0.4 is 11.5 Å². The SMILES string of the molecule is Nc1c(CC(=O)OCCOCCOCCOC(=O)Cc2cccc(C(=O)c3ccc(Br)cc3)c2N)cccc1C(=O)c1ccc(Br)cc1. The minimum atomic E-state index is -0.499. The van der Waals surface area contributed by atoms with Crippen molar-refractivity contribution < 1.29 is 38.1 Å². The second-order valence-electron chi connectivity index (χ2n) is 10.4. The molecule has 0 amide bonds. The lowest BCUT2D eigenvalue weighted by Crippen LogP contribution is -2.17. The summed E-state index contributed by atoms with van der Waals surface area (Å²) in [6.07, 6.45) is -0.172. The van der Waals surface area contributed by atoms with Gasteiger partial charge in [0.15, 0.2) is 11.6 Å². The molecule has 12 heteroatoms. The molecule has 0 spiro atoms. The Bertz CT molecular complexity index is 1620. The first-order chi connectivity index (χ1) is 23.1. The number of carbonyl (C=O) groups excluding carboxylic acids is 4. The topological polar surface area (TPSA) is 157 Å². The summed E-state index contributed by atoms with van der Waals surface area (Å²) in [5, 5.41) is 0.